The first-order valence-electron chi connectivity index (χ1n) is 8.72. The van der Waals surface area contributed by atoms with Crippen molar-refractivity contribution < 1.29 is 19.0 Å². The number of fused-ring (bicyclic) bond motifs is 1. The molecule has 8 heteroatoms. The van der Waals surface area contributed by atoms with Crippen molar-refractivity contribution in [2.45, 2.75) is 0 Å². The van der Waals surface area contributed by atoms with E-state index in [0.29, 0.717) is 39.4 Å². The highest BCUT2D eigenvalue weighted by Gasteiger charge is 2.20. The van der Waals surface area contributed by atoms with Crippen LogP contribution in [0.15, 0.2) is 42.7 Å². The number of methoxy groups -OCH3 is 3. The van der Waals surface area contributed by atoms with Gasteiger partial charge in [-0.1, -0.05) is 11.6 Å². The summed E-state index contributed by atoms with van der Waals surface area (Å²) in [5.41, 5.74) is 2.48. The predicted octanol–water partition coefficient (Wildman–Crippen LogP) is 4.47. The standard InChI is InChI=1S/C21H18ClN3O4/c1-27-17-6-11(7-18(28-2)20(17)29-3)19(26)16-10-24-21(25-16)14-9-23-15-5-4-12(22)8-13(14)15/h4-10,23H,1-3H3,(H,24,25). The van der Waals surface area contributed by atoms with Crippen molar-refractivity contribution in [3.05, 3.63) is 59.0 Å². The maximum absolute atomic E-state index is 13.0. The van der Waals surface area contributed by atoms with Crippen LogP contribution in [0.4, 0.5) is 0 Å². The van der Waals surface area contributed by atoms with Crippen LogP contribution in [0.1, 0.15) is 16.1 Å². The molecule has 0 amide bonds. The Kier molecular flexibility index (Phi) is 4.90. The first-order valence-corrected chi connectivity index (χ1v) is 9.10. The van der Waals surface area contributed by atoms with Crippen LogP contribution in [0.2, 0.25) is 5.02 Å². The Morgan fingerprint density at radius 1 is 1.03 bits per heavy atom. The molecule has 7 nitrogen and oxygen atoms in total. The lowest BCUT2D eigenvalue weighted by Crippen LogP contribution is -2.04. The molecule has 4 rings (SSSR count). The van der Waals surface area contributed by atoms with Gasteiger partial charge in [-0.15, -0.1) is 0 Å². The van der Waals surface area contributed by atoms with Crippen molar-refractivity contribution in [3.8, 4) is 28.6 Å². The summed E-state index contributed by atoms with van der Waals surface area (Å²) in [7, 11) is 4.51. The van der Waals surface area contributed by atoms with Crippen molar-refractivity contribution >= 4 is 28.3 Å². The maximum Gasteiger partial charge on any atom is 0.211 e. The highest BCUT2D eigenvalue weighted by molar-refractivity contribution is 6.31. The number of H-pyrrole nitrogens is 2. The zero-order valence-electron chi connectivity index (χ0n) is 16.0. The third-order valence-corrected chi connectivity index (χ3v) is 4.88. The molecular weight excluding hydrogens is 394 g/mol. The molecule has 0 unspecified atom stereocenters. The number of imidazole rings is 1. The van der Waals surface area contributed by atoms with Gasteiger partial charge in [-0.3, -0.25) is 4.79 Å². The molecule has 29 heavy (non-hydrogen) atoms. The van der Waals surface area contributed by atoms with Gasteiger partial charge in [0, 0.05) is 33.2 Å². The number of aromatic amines is 2. The largest absolute Gasteiger partial charge is 0.493 e. The number of halogens is 1. The number of nitrogens with zero attached hydrogens (tertiary/aromatic N) is 1. The molecule has 0 bridgehead atoms. The van der Waals surface area contributed by atoms with E-state index in [1.807, 2.05) is 24.4 Å². The zero-order chi connectivity index (χ0) is 20.5. The van der Waals surface area contributed by atoms with Crippen LogP contribution in [-0.4, -0.2) is 42.1 Å². The number of hydrogen-bond donors (Lipinski definition) is 2. The second-order valence-electron chi connectivity index (χ2n) is 6.28. The van der Waals surface area contributed by atoms with Gasteiger partial charge in [-0.2, -0.15) is 0 Å². The van der Waals surface area contributed by atoms with Crippen molar-refractivity contribution in [3.63, 3.8) is 0 Å². The van der Waals surface area contributed by atoms with Gasteiger partial charge in [0.25, 0.3) is 0 Å². The van der Waals surface area contributed by atoms with E-state index in [-0.39, 0.29) is 5.78 Å². The van der Waals surface area contributed by atoms with Gasteiger partial charge in [0.2, 0.25) is 11.5 Å². The van der Waals surface area contributed by atoms with E-state index in [2.05, 4.69) is 15.0 Å². The summed E-state index contributed by atoms with van der Waals surface area (Å²) in [6, 6.07) is 8.77. The normalized spacial score (nSPS) is 10.9. The first kappa shape index (κ1) is 18.9. The molecule has 0 aliphatic carbocycles. The summed E-state index contributed by atoms with van der Waals surface area (Å²) >= 11 is 6.12. The van der Waals surface area contributed by atoms with Gasteiger partial charge < -0.3 is 24.2 Å². The summed E-state index contributed by atoms with van der Waals surface area (Å²) < 4.78 is 16.0. The molecule has 0 fully saturated rings. The van der Waals surface area contributed by atoms with Gasteiger partial charge in [0.05, 0.1) is 27.5 Å². The summed E-state index contributed by atoms with van der Waals surface area (Å²) in [6.45, 7) is 0. The monoisotopic (exact) mass is 411 g/mol. The van der Waals surface area contributed by atoms with Gasteiger partial charge >= 0.3 is 0 Å². The van der Waals surface area contributed by atoms with Gasteiger partial charge in [0.1, 0.15) is 11.5 Å². The zero-order valence-corrected chi connectivity index (χ0v) is 16.8. The second-order valence-corrected chi connectivity index (χ2v) is 6.72. The molecule has 2 aromatic heterocycles. The fourth-order valence-corrected chi connectivity index (χ4v) is 3.40. The minimum absolute atomic E-state index is 0.249. The summed E-state index contributed by atoms with van der Waals surface area (Å²) in [6.07, 6.45) is 3.33. The van der Waals surface area contributed by atoms with E-state index < -0.39 is 0 Å². The lowest BCUT2D eigenvalue weighted by atomic mass is 10.1. The van der Waals surface area contributed by atoms with Crippen LogP contribution in [0.3, 0.4) is 0 Å². The Bertz CT molecular complexity index is 1190. The minimum atomic E-state index is -0.249. The van der Waals surface area contributed by atoms with E-state index in [1.54, 1.807) is 12.1 Å². The Morgan fingerprint density at radius 2 is 1.76 bits per heavy atom. The SMILES string of the molecule is COc1cc(C(=O)c2cnc(-c3c[nH]c4ccc(Cl)cc34)[nH]2)cc(OC)c1OC. The Labute approximate surface area is 171 Å². The molecule has 2 aromatic carbocycles. The number of aromatic nitrogens is 3. The van der Waals surface area contributed by atoms with Gasteiger partial charge in [-0.05, 0) is 30.3 Å². The number of rotatable bonds is 6. The molecular formula is C21H18ClN3O4. The van der Waals surface area contributed by atoms with E-state index >= 15 is 0 Å². The predicted molar refractivity (Wildman–Crippen MR) is 110 cm³/mol. The molecule has 2 N–H and O–H groups in total. The van der Waals surface area contributed by atoms with E-state index in [4.69, 9.17) is 25.8 Å². The topological polar surface area (TPSA) is 89.2 Å². The third-order valence-electron chi connectivity index (χ3n) is 4.65. The maximum atomic E-state index is 13.0. The van der Waals surface area contributed by atoms with Crippen LogP contribution in [0.5, 0.6) is 17.2 Å². The van der Waals surface area contributed by atoms with Crippen molar-refractivity contribution in [2.24, 2.45) is 0 Å². The molecule has 0 atom stereocenters. The van der Waals surface area contributed by atoms with Crippen molar-refractivity contribution in [1.29, 1.82) is 0 Å². The molecule has 148 valence electrons. The number of carbonyl (C=O) groups is 1. The van der Waals surface area contributed by atoms with Crippen LogP contribution in [0, 0.1) is 0 Å². The summed E-state index contributed by atoms with van der Waals surface area (Å²) in [5, 5.41) is 1.54. The molecule has 0 aliphatic heterocycles. The van der Waals surface area contributed by atoms with Gasteiger partial charge in [0.15, 0.2) is 11.5 Å². The van der Waals surface area contributed by atoms with Crippen LogP contribution < -0.4 is 14.2 Å². The number of benzene rings is 2. The highest BCUT2D eigenvalue weighted by atomic mass is 35.5. The molecule has 0 aliphatic rings. The van der Waals surface area contributed by atoms with Crippen LogP contribution in [0.25, 0.3) is 22.3 Å². The average molecular weight is 412 g/mol. The number of ether oxygens (including phenoxy) is 3. The summed E-state index contributed by atoms with van der Waals surface area (Å²) in [4.78, 5) is 23.7. The molecule has 0 saturated heterocycles. The molecule has 0 spiro atoms. The molecule has 0 saturated carbocycles. The average Bonchev–Trinajstić information content (AvgIpc) is 3.38. The fourth-order valence-electron chi connectivity index (χ4n) is 3.23. The lowest BCUT2D eigenvalue weighted by molar-refractivity contribution is 0.103. The smallest absolute Gasteiger partial charge is 0.211 e. The van der Waals surface area contributed by atoms with Crippen LogP contribution in [-0.2, 0) is 0 Å². The number of ketones is 1. The fraction of sp³-hybridized carbons (Fsp3) is 0.143. The van der Waals surface area contributed by atoms with Crippen LogP contribution >= 0.6 is 11.6 Å². The number of hydrogen-bond acceptors (Lipinski definition) is 5. The van der Waals surface area contributed by atoms with Gasteiger partial charge in [-0.25, -0.2) is 4.98 Å². The number of nitrogens with one attached hydrogen (secondary N) is 2. The quantitative estimate of drug-likeness (QED) is 0.457. The molecule has 0 radical (unpaired) electrons. The van der Waals surface area contributed by atoms with Crippen molar-refractivity contribution in [1.82, 2.24) is 15.0 Å². The van der Waals surface area contributed by atoms with E-state index in [1.165, 1.54) is 27.5 Å². The lowest BCUT2D eigenvalue weighted by Gasteiger charge is -2.13. The van der Waals surface area contributed by atoms with Crippen molar-refractivity contribution in [2.75, 3.05) is 21.3 Å². The first-order chi connectivity index (χ1) is 14.0. The summed E-state index contributed by atoms with van der Waals surface area (Å²) in [5.74, 6) is 1.55. The Morgan fingerprint density at radius 3 is 2.41 bits per heavy atom. The highest BCUT2D eigenvalue weighted by Crippen LogP contribution is 2.38. The Balaban J connectivity index is 1.73. The van der Waals surface area contributed by atoms with E-state index in [0.717, 1.165) is 16.5 Å². The number of carbonyl (C=O) groups excluding carboxylic acids is 1. The van der Waals surface area contributed by atoms with E-state index in [9.17, 15) is 4.79 Å². The Hall–Kier alpha value is -3.45. The third kappa shape index (κ3) is 3.30. The minimum Gasteiger partial charge on any atom is -0.493 e. The second kappa shape index (κ2) is 7.52. The molecule has 4 aromatic rings. The molecule has 2 heterocycles.